The Bertz CT molecular complexity index is 588. The molecule has 0 aliphatic rings. The number of methoxy groups -OCH3 is 1. The van der Waals surface area contributed by atoms with Crippen LogP contribution in [0.1, 0.15) is 17.1 Å². The summed E-state index contributed by atoms with van der Waals surface area (Å²) in [6.45, 7) is 4.15. The summed E-state index contributed by atoms with van der Waals surface area (Å²) in [7, 11) is 3.65. The summed E-state index contributed by atoms with van der Waals surface area (Å²) in [5.41, 5.74) is 4.22. The van der Waals surface area contributed by atoms with E-state index in [2.05, 4.69) is 18.0 Å². The molecule has 0 saturated heterocycles. The first-order valence-electron chi connectivity index (χ1n) is 6.36. The molecule has 0 fully saturated rings. The van der Waals surface area contributed by atoms with E-state index in [9.17, 15) is 0 Å². The lowest BCUT2D eigenvalue weighted by Crippen LogP contribution is -2.02. The number of imidazole rings is 1. The third-order valence-electron chi connectivity index (χ3n) is 3.31. The molecule has 4 heteroatoms. The zero-order valence-electron chi connectivity index (χ0n) is 11.9. The molecule has 0 spiro atoms. The third-order valence-corrected chi connectivity index (χ3v) is 3.31. The van der Waals surface area contributed by atoms with Gasteiger partial charge >= 0.3 is 0 Å². The van der Waals surface area contributed by atoms with Crippen LogP contribution >= 0.6 is 0 Å². The van der Waals surface area contributed by atoms with Crippen molar-refractivity contribution in [1.29, 1.82) is 0 Å². The van der Waals surface area contributed by atoms with Gasteiger partial charge in [0.05, 0.1) is 25.1 Å². The smallest absolute Gasteiger partial charge is 0.128 e. The Labute approximate surface area is 113 Å². The average molecular weight is 260 g/mol. The number of nitrogens with zero attached hydrogens (tertiary/aromatic N) is 2. The lowest BCUT2D eigenvalue weighted by atomic mass is 10.1. The summed E-state index contributed by atoms with van der Waals surface area (Å²) in [6, 6.07) is 6.11. The largest absolute Gasteiger partial charge is 0.496 e. The lowest BCUT2D eigenvalue weighted by molar-refractivity contribution is 0.295. The second kappa shape index (κ2) is 5.45. The Balaban J connectivity index is 2.61. The van der Waals surface area contributed by atoms with Crippen LogP contribution in [0.15, 0.2) is 18.2 Å². The fourth-order valence-corrected chi connectivity index (χ4v) is 2.40. The standard InChI is InChI=1S/C15H20N2O2/c1-10-5-6-13(19-4)12(9-10)15-11(2)16-14(7-8-18)17(15)3/h5-6,9,18H,7-8H2,1-4H3. The highest BCUT2D eigenvalue weighted by Gasteiger charge is 2.16. The maximum Gasteiger partial charge on any atom is 0.128 e. The van der Waals surface area contributed by atoms with E-state index in [-0.39, 0.29) is 6.61 Å². The molecule has 1 N–H and O–H groups in total. The van der Waals surface area contributed by atoms with Crippen molar-refractivity contribution in [3.8, 4) is 17.0 Å². The molecule has 0 amide bonds. The molecule has 0 atom stereocenters. The summed E-state index contributed by atoms with van der Waals surface area (Å²) in [4.78, 5) is 4.53. The Morgan fingerprint density at radius 2 is 2.05 bits per heavy atom. The van der Waals surface area contributed by atoms with Gasteiger partial charge in [0.2, 0.25) is 0 Å². The van der Waals surface area contributed by atoms with Crippen LogP contribution in [0.5, 0.6) is 5.75 Å². The van der Waals surface area contributed by atoms with Crippen molar-refractivity contribution in [2.45, 2.75) is 20.3 Å². The summed E-state index contributed by atoms with van der Waals surface area (Å²) < 4.78 is 7.47. The number of aryl methyl sites for hydroxylation is 2. The fraction of sp³-hybridized carbons (Fsp3) is 0.400. The van der Waals surface area contributed by atoms with Crippen molar-refractivity contribution < 1.29 is 9.84 Å². The van der Waals surface area contributed by atoms with Gasteiger partial charge in [-0.1, -0.05) is 11.6 Å². The summed E-state index contributed by atoms with van der Waals surface area (Å²) in [5, 5.41) is 9.08. The highest BCUT2D eigenvalue weighted by molar-refractivity contribution is 5.70. The molecule has 0 bridgehead atoms. The Morgan fingerprint density at radius 3 is 2.68 bits per heavy atom. The normalized spacial score (nSPS) is 10.8. The van der Waals surface area contributed by atoms with Crippen molar-refractivity contribution >= 4 is 0 Å². The third kappa shape index (κ3) is 2.49. The average Bonchev–Trinajstić information content (AvgIpc) is 2.65. The Kier molecular flexibility index (Phi) is 3.90. The second-order valence-corrected chi connectivity index (χ2v) is 4.70. The molecular weight excluding hydrogens is 240 g/mol. The fourth-order valence-electron chi connectivity index (χ4n) is 2.40. The first-order chi connectivity index (χ1) is 9.08. The molecule has 19 heavy (non-hydrogen) atoms. The highest BCUT2D eigenvalue weighted by atomic mass is 16.5. The van der Waals surface area contributed by atoms with Crippen LogP contribution in [0.3, 0.4) is 0 Å². The summed E-state index contributed by atoms with van der Waals surface area (Å²) in [6.07, 6.45) is 0.561. The van der Waals surface area contributed by atoms with Crippen LogP contribution in [-0.4, -0.2) is 28.4 Å². The molecule has 0 saturated carbocycles. The number of benzene rings is 1. The zero-order valence-corrected chi connectivity index (χ0v) is 11.9. The van der Waals surface area contributed by atoms with Gasteiger partial charge in [0.1, 0.15) is 11.6 Å². The molecule has 2 aromatic rings. The van der Waals surface area contributed by atoms with E-state index in [1.165, 1.54) is 5.56 Å². The van der Waals surface area contributed by atoms with Crippen molar-refractivity contribution in [2.24, 2.45) is 7.05 Å². The SMILES string of the molecule is COc1ccc(C)cc1-c1c(C)nc(CCO)n1C. The Hall–Kier alpha value is -1.81. The van der Waals surface area contributed by atoms with E-state index in [0.717, 1.165) is 28.5 Å². The first kappa shape index (κ1) is 13.6. The molecular formula is C15H20N2O2. The topological polar surface area (TPSA) is 47.3 Å². The van der Waals surface area contributed by atoms with Crippen LogP contribution in [-0.2, 0) is 13.5 Å². The molecule has 4 nitrogen and oxygen atoms in total. The minimum Gasteiger partial charge on any atom is -0.496 e. The van der Waals surface area contributed by atoms with E-state index < -0.39 is 0 Å². The quantitative estimate of drug-likeness (QED) is 0.917. The van der Waals surface area contributed by atoms with Gasteiger partial charge < -0.3 is 14.4 Å². The predicted octanol–water partition coefficient (Wildman–Crippen LogP) is 2.25. The van der Waals surface area contributed by atoms with Gasteiger partial charge in [-0.2, -0.15) is 0 Å². The molecule has 2 rings (SSSR count). The number of ether oxygens (including phenoxy) is 1. The monoisotopic (exact) mass is 260 g/mol. The summed E-state index contributed by atoms with van der Waals surface area (Å²) >= 11 is 0. The van der Waals surface area contributed by atoms with Gasteiger partial charge in [0, 0.05) is 19.0 Å². The molecule has 0 radical (unpaired) electrons. The van der Waals surface area contributed by atoms with Crippen LogP contribution in [0.2, 0.25) is 0 Å². The molecule has 1 heterocycles. The second-order valence-electron chi connectivity index (χ2n) is 4.70. The van der Waals surface area contributed by atoms with Crippen molar-refractivity contribution in [1.82, 2.24) is 9.55 Å². The van der Waals surface area contributed by atoms with Crippen molar-refractivity contribution in [3.05, 3.63) is 35.3 Å². The lowest BCUT2D eigenvalue weighted by Gasteiger charge is -2.12. The van der Waals surface area contributed by atoms with E-state index in [0.29, 0.717) is 6.42 Å². The van der Waals surface area contributed by atoms with Crippen LogP contribution in [0.25, 0.3) is 11.3 Å². The zero-order chi connectivity index (χ0) is 14.0. The van der Waals surface area contributed by atoms with Crippen LogP contribution in [0.4, 0.5) is 0 Å². The van der Waals surface area contributed by atoms with E-state index in [1.807, 2.05) is 30.7 Å². The molecule has 1 aromatic carbocycles. The molecule has 102 valence electrons. The predicted molar refractivity (Wildman–Crippen MR) is 75.5 cm³/mol. The first-order valence-corrected chi connectivity index (χ1v) is 6.36. The van der Waals surface area contributed by atoms with Crippen LogP contribution < -0.4 is 4.74 Å². The number of aliphatic hydroxyl groups excluding tert-OH is 1. The molecule has 1 aromatic heterocycles. The number of rotatable bonds is 4. The van der Waals surface area contributed by atoms with Gasteiger partial charge in [-0.15, -0.1) is 0 Å². The van der Waals surface area contributed by atoms with Gasteiger partial charge in [-0.25, -0.2) is 4.98 Å². The minimum absolute atomic E-state index is 0.106. The van der Waals surface area contributed by atoms with Gasteiger partial charge in [-0.05, 0) is 26.0 Å². The van der Waals surface area contributed by atoms with E-state index >= 15 is 0 Å². The van der Waals surface area contributed by atoms with E-state index in [1.54, 1.807) is 7.11 Å². The Morgan fingerprint density at radius 1 is 1.32 bits per heavy atom. The van der Waals surface area contributed by atoms with Gasteiger partial charge in [0.25, 0.3) is 0 Å². The minimum atomic E-state index is 0.106. The van der Waals surface area contributed by atoms with E-state index in [4.69, 9.17) is 9.84 Å². The number of hydrogen-bond acceptors (Lipinski definition) is 3. The maximum atomic E-state index is 9.08. The van der Waals surface area contributed by atoms with Gasteiger partial charge in [-0.3, -0.25) is 0 Å². The molecule has 0 unspecified atom stereocenters. The molecule has 0 aliphatic carbocycles. The molecule has 0 aliphatic heterocycles. The maximum absolute atomic E-state index is 9.08. The summed E-state index contributed by atoms with van der Waals surface area (Å²) in [5.74, 6) is 1.73. The van der Waals surface area contributed by atoms with Crippen LogP contribution in [0, 0.1) is 13.8 Å². The van der Waals surface area contributed by atoms with Crippen molar-refractivity contribution in [2.75, 3.05) is 13.7 Å². The number of aliphatic hydroxyl groups is 1. The highest BCUT2D eigenvalue weighted by Crippen LogP contribution is 2.33. The number of aromatic nitrogens is 2. The van der Waals surface area contributed by atoms with Gasteiger partial charge in [0.15, 0.2) is 0 Å². The van der Waals surface area contributed by atoms with Crippen molar-refractivity contribution in [3.63, 3.8) is 0 Å². The number of hydrogen-bond donors (Lipinski definition) is 1.